The number of β-amino-alcohol motifs (C(OH)–C–C–N with tert-alkyl or cyclic N) is 1. The molecule has 0 unspecified atom stereocenters. The second kappa shape index (κ2) is 7.25. The van der Waals surface area contributed by atoms with E-state index in [0.717, 1.165) is 19.3 Å². The molecule has 1 amide bonds. The van der Waals surface area contributed by atoms with Crippen LogP contribution in [0.5, 0.6) is 0 Å². The molecular formula is C14H27N3O4S. The lowest BCUT2D eigenvalue weighted by Crippen LogP contribution is -2.42. The Morgan fingerprint density at radius 2 is 2.05 bits per heavy atom. The number of likely N-dealkylation sites (tertiary alicyclic amines) is 1. The van der Waals surface area contributed by atoms with E-state index < -0.39 is 10.0 Å². The quantitative estimate of drug-likeness (QED) is 0.600. The fourth-order valence-corrected chi connectivity index (χ4v) is 3.52. The average Bonchev–Trinajstić information content (AvgIpc) is 3.19. The third-order valence-corrected chi connectivity index (χ3v) is 5.97. The summed E-state index contributed by atoms with van der Waals surface area (Å²) in [5, 5.41) is 12.1. The van der Waals surface area contributed by atoms with Crippen molar-refractivity contribution in [1.82, 2.24) is 14.5 Å². The van der Waals surface area contributed by atoms with Crippen LogP contribution in [0.25, 0.3) is 0 Å². The van der Waals surface area contributed by atoms with Crippen LogP contribution in [-0.4, -0.2) is 80.8 Å². The van der Waals surface area contributed by atoms with Gasteiger partial charge in [0.05, 0.1) is 12.9 Å². The Morgan fingerprint density at radius 3 is 2.59 bits per heavy atom. The van der Waals surface area contributed by atoms with Gasteiger partial charge >= 0.3 is 0 Å². The molecule has 0 aromatic carbocycles. The smallest absolute Gasteiger partial charge is 0.221 e. The zero-order valence-corrected chi connectivity index (χ0v) is 14.2. The Morgan fingerprint density at radius 1 is 1.36 bits per heavy atom. The van der Waals surface area contributed by atoms with E-state index in [2.05, 4.69) is 10.2 Å². The van der Waals surface area contributed by atoms with Crippen molar-refractivity contribution in [1.29, 1.82) is 0 Å². The summed E-state index contributed by atoms with van der Waals surface area (Å²) in [6, 6.07) is 0.120. The van der Waals surface area contributed by atoms with Gasteiger partial charge in [-0.25, -0.2) is 12.7 Å². The molecule has 1 saturated heterocycles. The van der Waals surface area contributed by atoms with Gasteiger partial charge in [0.2, 0.25) is 15.9 Å². The SMILES string of the molecule is CN(CCC(=O)N[C@H]1CN(CCO)C[C@@H]1C1CC1)S(C)(=O)=O. The van der Waals surface area contributed by atoms with E-state index >= 15 is 0 Å². The molecule has 0 aromatic rings. The maximum Gasteiger partial charge on any atom is 0.221 e. The van der Waals surface area contributed by atoms with E-state index in [0.29, 0.717) is 18.4 Å². The molecule has 1 aliphatic carbocycles. The molecule has 8 heteroatoms. The number of aliphatic hydroxyl groups is 1. The molecule has 0 spiro atoms. The number of amides is 1. The lowest BCUT2D eigenvalue weighted by molar-refractivity contribution is -0.122. The molecule has 22 heavy (non-hydrogen) atoms. The van der Waals surface area contributed by atoms with E-state index in [4.69, 9.17) is 5.11 Å². The third kappa shape index (κ3) is 4.91. The van der Waals surface area contributed by atoms with Crippen LogP contribution in [-0.2, 0) is 14.8 Å². The summed E-state index contributed by atoms with van der Waals surface area (Å²) in [6.07, 6.45) is 3.76. The highest BCUT2D eigenvalue weighted by Gasteiger charge is 2.42. The van der Waals surface area contributed by atoms with Gasteiger partial charge in [0, 0.05) is 45.7 Å². The zero-order chi connectivity index (χ0) is 16.3. The van der Waals surface area contributed by atoms with Crippen LogP contribution in [0.1, 0.15) is 19.3 Å². The summed E-state index contributed by atoms with van der Waals surface area (Å²) in [7, 11) is -1.76. The number of carbonyl (C=O) groups is 1. The Labute approximate surface area is 132 Å². The lowest BCUT2D eigenvalue weighted by Gasteiger charge is -2.20. The van der Waals surface area contributed by atoms with Crippen molar-refractivity contribution in [3.8, 4) is 0 Å². The minimum atomic E-state index is -3.24. The van der Waals surface area contributed by atoms with Gasteiger partial charge in [-0.05, 0) is 24.7 Å². The van der Waals surface area contributed by atoms with Crippen molar-refractivity contribution >= 4 is 15.9 Å². The second-order valence-electron chi connectivity index (χ2n) is 6.49. The first-order valence-corrected chi connectivity index (χ1v) is 9.70. The Hall–Kier alpha value is -0.700. The largest absolute Gasteiger partial charge is 0.395 e. The maximum absolute atomic E-state index is 12.1. The number of sulfonamides is 1. The Balaban J connectivity index is 1.81. The lowest BCUT2D eigenvalue weighted by atomic mass is 9.98. The molecule has 2 rings (SSSR count). The van der Waals surface area contributed by atoms with Gasteiger partial charge in [-0.1, -0.05) is 0 Å². The highest BCUT2D eigenvalue weighted by Crippen LogP contribution is 2.41. The number of nitrogens with zero attached hydrogens (tertiary/aromatic N) is 2. The van der Waals surface area contributed by atoms with Crippen molar-refractivity contribution in [2.45, 2.75) is 25.3 Å². The van der Waals surface area contributed by atoms with Crippen molar-refractivity contribution in [2.75, 3.05) is 46.1 Å². The second-order valence-corrected chi connectivity index (χ2v) is 8.58. The van der Waals surface area contributed by atoms with Gasteiger partial charge in [0.25, 0.3) is 0 Å². The first kappa shape index (κ1) is 17.7. The van der Waals surface area contributed by atoms with Crippen LogP contribution < -0.4 is 5.32 Å². The summed E-state index contributed by atoms with van der Waals surface area (Å²) in [4.78, 5) is 14.3. The van der Waals surface area contributed by atoms with Gasteiger partial charge in [-0.15, -0.1) is 0 Å². The number of nitrogens with one attached hydrogen (secondary N) is 1. The van der Waals surface area contributed by atoms with Crippen molar-refractivity contribution in [3.63, 3.8) is 0 Å². The van der Waals surface area contributed by atoms with Crippen LogP contribution in [0, 0.1) is 11.8 Å². The topological polar surface area (TPSA) is 89.9 Å². The molecule has 1 heterocycles. The molecule has 2 fully saturated rings. The van der Waals surface area contributed by atoms with E-state index in [9.17, 15) is 13.2 Å². The predicted octanol–water partition coefficient (Wildman–Crippen LogP) is -0.913. The van der Waals surface area contributed by atoms with Crippen LogP contribution in [0.3, 0.4) is 0 Å². The Bertz CT molecular complexity index is 492. The van der Waals surface area contributed by atoms with Crippen LogP contribution in [0.15, 0.2) is 0 Å². The Kier molecular flexibility index (Phi) is 5.81. The predicted molar refractivity (Wildman–Crippen MR) is 83.8 cm³/mol. The van der Waals surface area contributed by atoms with E-state index in [1.165, 1.54) is 24.2 Å². The van der Waals surface area contributed by atoms with Crippen LogP contribution in [0.4, 0.5) is 0 Å². The standard InChI is InChI=1S/C14H27N3O4S/c1-16(22(2,20)21)6-5-14(19)15-13-10-17(7-8-18)9-12(13)11-3-4-11/h11-13,18H,3-10H2,1-2H3,(H,15,19)/t12-,13+/m1/s1. The summed E-state index contributed by atoms with van der Waals surface area (Å²) >= 11 is 0. The number of hydrogen-bond acceptors (Lipinski definition) is 5. The van der Waals surface area contributed by atoms with Gasteiger partial charge in [0.1, 0.15) is 0 Å². The normalized spacial score (nSPS) is 26.5. The summed E-state index contributed by atoms with van der Waals surface area (Å²) < 4.78 is 23.8. The van der Waals surface area contributed by atoms with Crippen molar-refractivity contribution in [3.05, 3.63) is 0 Å². The van der Waals surface area contributed by atoms with Crippen LogP contribution in [0.2, 0.25) is 0 Å². The molecule has 2 aliphatic rings. The number of aliphatic hydroxyl groups excluding tert-OH is 1. The minimum Gasteiger partial charge on any atom is -0.395 e. The first-order chi connectivity index (χ1) is 10.3. The monoisotopic (exact) mass is 333 g/mol. The molecule has 1 aliphatic heterocycles. The summed E-state index contributed by atoms with van der Waals surface area (Å²) in [5.74, 6) is 1.05. The van der Waals surface area contributed by atoms with Crippen molar-refractivity contribution in [2.24, 2.45) is 11.8 Å². The summed E-state index contributed by atoms with van der Waals surface area (Å²) in [6.45, 7) is 2.68. The van der Waals surface area contributed by atoms with Gasteiger partial charge < -0.3 is 10.4 Å². The third-order valence-electron chi connectivity index (χ3n) is 4.65. The highest BCUT2D eigenvalue weighted by atomic mass is 32.2. The molecule has 0 aromatic heterocycles. The van der Waals surface area contributed by atoms with E-state index in [1.54, 1.807) is 0 Å². The van der Waals surface area contributed by atoms with Gasteiger partial charge in [-0.2, -0.15) is 0 Å². The highest BCUT2D eigenvalue weighted by molar-refractivity contribution is 7.88. The molecule has 1 saturated carbocycles. The van der Waals surface area contributed by atoms with Crippen molar-refractivity contribution < 1.29 is 18.3 Å². The number of hydrogen-bond donors (Lipinski definition) is 2. The zero-order valence-electron chi connectivity index (χ0n) is 13.4. The molecule has 128 valence electrons. The average molecular weight is 333 g/mol. The number of carbonyl (C=O) groups excluding carboxylic acids is 1. The molecule has 0 radical (unpaired) electrons. The molecule has 2 N–H and O–H groups in total. The summed E-state index contributed by atoms with van der Waals surface area (Å²) in [5.41, 5.74) is 0. The number of rotatable bonds is 8. The van der Waals surface area contributed by atoms with Crippen LogP contribution >= 0.6 is 0 Å². The van der Waals surface area contributed by atoms with Gasteiger partial charge in [0.15, 0.2) is 0 Å². The first-order valence-electron chi connectivity index (χ1n) is 7.85. The molecule has 0 bridgehead atoms. The van der Waals surface area contributed by atoms with E-state index in [-0.39, 0.29) is 31.5 Å². The molecule has 2 atom stereocenters. The fourth-order valence-electron chi connectivity index (χ4n) is 3.10. The maximum atomic E-state index is 12.1. The van der Waals surface area contributed by atoms with E-state index in [1.807, 2.05) is 0 Å². The molecular weight excluding hydrogens is 306 g/mol. The fraction of sp³-hybridized carbons (Fsp3) is 0.929. The molecule has 7 nitrogen and oxygen atoms in total. The minimum absolute atomic E-state index is 0.100. The van der Waals surface area contributed by atoms with Gasteiger partial charge in [-0.3, -0.25) is 9.69 Å².